The predicted molar refractivity (Wildman–Crippen MR) is 312 cm³/mol. The van der Waals surface area contributed by atoms with Crippen molar-refractivity contribution >= 4 is 5.97 Å². The Balaban J connectivity index is 2.07. The van der Waals surface area contributed by atoms with Crippen molar-refractivity contribution in [2.45, 2.75) is 385 Å². The molecule has 1 aliphatic heterocycles. The Hall–Kier alpha value is -0.810. The molecule has 1 saturated heterocycles. The van der Waals surface area contributed by atoms with Crippen molar-refractivity contribution in [3.8, 4) is 0 Å². The third-order valence-electron chi connectivity index (χ3n) is 16.0. The fourth-order valence-electron chi connectivity index (χ4n) is 10.9. The maximum Gasteiger partial charge on any atom is 0.306 e. The van der Waals surface area contributed by atoms with E-state index in [1.165, 1.54) is 295 Å². The minimum atomic E-state index is -1.53. The second-order valence-corrected chi connectivity index (χ2v) is 23.3. The number of aliphatic hydroxyl groups is 4. The Kier molecular flexibility index (Phi) is 54.7. The van der Waals surface area contributed by atoms with Gasteiger partial charge in [0.05, 0.1) is 19.8 Å². The molecule has 0 aromatic heterocycles. The summed E-state index contributed by atoms with van der Waals surface area (Å²) in [4.78, 5) is 12.9. The number of unbranched alkanes of at least 4 members (excludes halogenated alkanes) is 49. The number of hydrogen-bond donors (Lipinski definition) is 4. The van der Waals surface area contributed by atoms with Crippen LogP contribution >= 0.6 is 0 Å². The van der Waals surface area contributed by atoms with Crippen LogP contribution in [-0.2, 0) is 23.7 Å². The molecule has 6 atom stereocenters. The van der Waals surface area contributed by atoms with Crippen LogP contribution in [0.5, 0.6) is 0 Å². The van der Waals surface area contributed by atoms with Crippen LogP contribution in [0.3, 0.4) is 0 Å². The lowest BCUT2D eigenvalue weighted by Gasteiger charge is -2.39. The molecular formula is C65H128O9. The Morgan fingerprint density at radius 3 is 0.959 bits per heavy atom. The first kappa shape index (κ1) is 71.2. The average Bonchev–Trinajstić information content (AvgIpc) is 3.40. The number of hydrogen-bond acceptors (Lipinski definition) is 9. The summed E-state index contributed by atoms with van der Waals surface area (Å²) in [6.45, 7) is 4.66. The van der Waals surface area contributed by atoms with E-state index < -0.39 is 43.4 Å². The number of rotatable bonds is 60. The largest absolute Gasteiger partial charge is 0.457 e. The third kappa shape index (κ3) is 46.1. The van der Waals surface area contributed by atoms with E-state index in [9.17, 15) is 25.2 Å². The molecule has 0 bridgehead atoms. The molecule has 442 valence electrons. The van der Waals surface area contributed by atoms with Crippen molar-refractivity contribution in [1.29, 1.82) is 0 Å². The van der Waals surface area contributed by atoms with E-state index in [1.807, 2.05) is 0 Å². The van der Waals surface area contributed by atoms with Gasteiger partial charge in [0.2, 0.25) is 0 Å². The molecule has 9 nitrogen and oxygen atoms in total. The van der Waals surface area contributed by atoms with E-state index >= 15 is 0 Å². The molecule has 0 amide bonds. The number of carbonyl (C=O) groups is 1. The highest BCUT2D eigenvalue weighted by atomic mass is 16.7. The smallest absolute Gasteiger partial charge is 0.306 e. The van der Waals surface area contributed by atoms with Gasteiger partial charge in [-0.2, -0.15) is 0 Å². The quantitative estimate of drug-likeness (QED) is 0.0347. The van der Waals surface area contributed by atoms with Crippen molar-refractivity contribution in [2.75, 3.05) is 26.4 Å². The lowest BCUT2D eigenvalue weighted by Crippen LogP contribution is -2.59. The Morgan fingerprint density at radius 2 is 0.662 bits per heavy atom. The van der Waals surface area contributed by atoms with Gasteiger partial charge < -0.3 is 39.4 Å². The lowest BCUT2D eigenvalue weighted by molar-refractivity contribution is -0.305. The van der Waals surface area contributed by atoms with Crippen LogP contribution in [-0.4, -0.2) is 89.6 Å². The summed E-state index contributed by atoms with van der Waals surface area (Å²) in [5.41, 5.74) is 0. The van der Waals surface area contributed by atoms with Crippen molar-refractivity contribution < 1.29 is 44.2 Å². The van der Waals surface area contributed by atoms with Crippen LogP contribution in [0.2, 0.25) is 0 Å². The first-order chi connectivity index (χ1) is 36.4. The summed E-state index contributed by atoms with van der Waals surface area (Å²) >= 11 is 0. The minimum absolute atomic E-state index is 0.104. The van der Waals surface area contributed by atoms with E-state index in [0.717, 1.165) is 32.1 Å². The van der Waals surface area contributed by atoms with E-state index in [4.69, 9.17) is 18.9 Å². The fraction of sp³-hybridized carbons (Fsp3) is 0.985. The van der Waals surface area contributed by atoms with Crippen LogP contribution in [0.1, 0.15) is 348 Å². The zero-order valence-corrected chi connectivity index (χ0v) is 49.4. The topological polar surface area (TPSA) is 135 Å². The molecule has 1 rings (SSSR count). The average molecular weight is 1050 g/mol. The zero-order valence-electron chi connectivity index (χ0n) is 49.4. The maximum atomic E-state index is 12.9. The number of aliphatic hydroxyl groups excluding tert-OH is 4. The van der Waals surface area contributed by atoms with Gasteiger partial charge in [0.15, 0.2) is 6.29 Å². The molecule has 1 heterocycles. The second-order valence-electron chi connectivity index (χ2n) is 23.3. The number of carbonyl (C=O) groups excluding carboxylic acids is 1. The molecule has 0 radical (unpaired) electrons. The highest BCUT2D eigenvalue weighted by Crippen LogP contribution is 2.23. The third-order valence-corrected chi connectivity index (χ3v) is 16.0. The summed E-state index contributed by atoms with van der Waals surface area (Å²) in [7, 11) is 0. The molecule has 6 unspecified atom stereocenters. The zero-order chi connectivity index (χ0) is 53.5. The Morgan fingerprint density at radius 1 is 0.378 bits per heavy atom. The van der Waals surface area contributed by atoms with Crippen molar-refractivity contribution in [1.82, 2.24) is 0 Å². The maximum absolute atomic E-state index is 12.9. The summed E-state index contributed by atoms with van der Waals surface area (Å²) in [5.74, 6) is -0.301. The normalized spacial score (nSPS) is 18.4. The molecule has 0 spiro atoms. The number of esters is 1. The second kappa shape index (κ2) is 56.9. The van der Waals surface area contributed by atoms with Gasteiger partial charge in [-0.25, -0.2) is 0 Å². The Bertz CT molecular complexity index is 1110. The molecule has 74 heavy (non-hydrogen) atoms. The standard InChI is InChI=1S/C65H128O9/c1-3-5-7-9-11-13-15-17-19-21-23-25-27-29-31-33-35-37-39-41-43-45-47-49-51-53-55-71-57-59(58-72-65-64(70)63(69)62(68)60(56-66)74-65)73-61(67)54-52-50-48-46-44-42-40-38-36-34-32-30-28-26-24-22-20-18-16-14-12-10-8-6-4-2/h59-60,62-66,68-70H,3-58H2,1-2H3. The monoisotopic (exact) mass is 1050 g/mol. The fourth-order valence-corrected chi connectivity index (χ4v) is 10.9. The van der Waals surface area contributed by atoms with E-state index in [0.29, 0.717) is 13.0 Å². The van der Waals surface area contributed by atoms with Crippen LogP contribution in [0, 0.1) is 0 Å². The van der Waals surface area contributed by atoms with Gasteiger partial charge in [0.1, 0.15) is 30.5 Å². The summed E-state index contributed by atoms with van der Waals surface area (Å²) in [6, 6.07) is 0. The molecule has 0 aromatic carbocycles. The van der Waals surface area contributed by atoms with Gasteiger partial charge in [0.25, 0.3) is 0 Å². The van der Waals surface area contributed by atoms with Crippen LogP contribution in [0.4, 0.5) is 0 Å². The first-order valence-corrected chi connectivity index (χ1v) is 33.1. The molecule has 0 aromatic rings. The van der Waals surface area contributed by atoms with Gasteiger partial charge >= 0.3 is 5.97 Å². The van der Waals surface area contributed by atoms with E-state index in [1.54, 1.807) is 0 Å². The minimum Gasteiger partial charge on any atom is -0.457 e. The highest BCUT2D eigenvalue weighted by Gasteiger charge is 2.44. The molecule has 1 aliphatic rings. The van der Waals surface area contributed by atoms with Gasteiger partial charge in [-0.1, -0.05) is 328 Å². The SMILES string of the molecule is CCCCCCCCCCCCCCCCCCCCCCCCCCCCOCC(COC1OC(CO)C(O)C(O)C1O)OC(=O)CCCCCCCCCCCCCCCCCCCCCCCCCCC. The molecule has 0 aliphatic carbocycles. The molecule has 9 heteroatoms. The Labute approximate surface area is 459 Å². The van der Waals surface area contributed by atoms with Gasteiger partial charge in [-0.15, -0.1) is 0 Å². The van der Waals surface area contributed by atoms with Gasteiger partial charge in [0, 0.05) is 13.0 Å². The molecule has 4 N–H and O–H groups in total. The van der Waals surface area contributed by atoms with Gasteiger partial charge in [-0.3, -0.25) is 4.79 Å². The summed E-state index contributed by atoms with van der Waals surface area (Å²) in [5, 5.41) is 40.5. The van der Waals surface area contributed by atoms with Crippen LogP contribution in [0.25, 0.3) is 0 Å². The summed E-state index contributed by atoms with van der Waals surface area (Å²) < 4.78 is 23.1. The van der Waals surface area contributed by atoms with E-state index in [-0.39, 0.29) is 19.2 Å². The van der Waals surface area contributed by atoms with Crippen molar-refractivity contribution in [3.63, 3.8) is 0 Å². The van der Waals surface area contributed by atoms with Crippen LogP contribution < -0.4 is 0 Å². The molecule has 0 saturated carbocycles. The van der Waals surface area contributed by atoms with Gasteiger partial charge in [-0.05, 0) is 12.8 Å². The van der Waals surface area contributed by atoms with Crippen molar-refractivity contribution in [3.05, 3.63) is 0 Å². The molecular weight excluding hydrogens is 925 g/mol. The number of ether oxygens (including phenoxy) is 4. The van der Waals surface area contributed by atoms with Crippen molar-refractivity contribution in [2.24, 2.45) is 0 Å². The molecule has 1 fully saturated rings. The van der Waals surface area contributed by atoms with Crippen LogP contribution in [0.15, 0.2) is 0 Å². The lowest BCUT2D eigenvalue weighted by atomic mass is 9.99. The highest BCUT2D eigenvalue weighted by molar-refractivity contribution is 5.69. The summed E-state index contributed by atoms with van der Waals surface area (Å²) in [6.07, 6.45) is 61.8. The first-order valence-electron chi connectivity index (χ1n) is 33.1. The predicted octanol–water partition coefficient (Wildman–Crippen LogP) is 18.1. The van der Waals surface area contributed by atoms with E-state index in [2.05, 4.69) is 13.8 Å².